The van der Waals surface area contributed by atoms with E-state index in [1.165, 1.54) is 0 Å². The summed E-state index contributed by atoms with van der Waals surface area (Å²) in [5.74, 6) is 0.0177. The molecule has 2 rings (SSSR count). The van der Waals surface area contributed by atoms with Crippen LogP contribution in [0.4, 0.5) is 0 Å². The maximum Gasteiger partial charge on any atom is 0.257 e. The van der Waals surface area contributed by atoms with Gasteiger partial charge in [-0.3, -0.25) is 4.79 Å². The Labute approximate surface area is 121 Å². The summed E-state index contributed by atoms with van der Waals surface area (Å²) in [6.07, 6.45) is 3.39. The summed E-state index contributed by atoms with van der Waals surface area (Å²) in [5, 5.41) is 5.02. The molecule has 1 heterocycles. The number of benzene rings is 1. The SMILES string of the molecule is CCN(CCBr)C(=O)c1cnn(-c2ccccc2)c1. The lowest BCUT2D eigenvalue weighted by Gasteiger charge is -2.18. The molecule has 0 atom stereocenters. The highest BCUT2D eigenvalue weighted by molar-refractivity contribution is 9.09. The van der Waals surface area contributed by atoms with Crippen molar-refractivity contribution in [2.24, 2.45) is 0 Å². The van der Waals surface area contributed by atoms with Gasteiger partial charge >= 0.3 is 0 Å². The summed E-state index contributed by atoms with van der Waals surface area (Å²) in [6.45, 7) is 3.37. The monoisotopic (exact) mass is 321 g/mol. The zero-order valence-corrected chi connectivity index (χ0v) is 12.4. The minimum absolute atomic E-state index is 0.0177. The van der Waals surface area contributed by atoms with E-state index in [4.69, 9.17) is 0 Å². The van der Waals surface area contributed by atoms with E-state index in [0.717, 1.165) is 11.0 Å². The molecule has 0 saturated heterocycles. The van der Waals surface area contributed by atoms with Crippen LogP contribution in [0.5, 0.6) is 0 Å². The van der Waals surface area contributed by atoms with Crippen LogP contribution in [-0.2, 0) is 0 Å². The maximum atomic E-state index is 12.3. The van der Waals surface area contributed by atoms with Crippen LogP contribution in [0.2, 0.25) is 0 Å². The first-order valence-corrected chi connectivity index (χ1v) is 7.33. The number of hydrogen-bond acceptors (Lipinski definition) is 2. The van der Waals surface area contributed by atoms with E-state index in [1.54, 1.807) is 22.0 Å². The summed E-state index contributed by atoms with van der Waals surface area (Å²) in [6, 6.07) is 9.76. The van der Waals surface area contributed by atoms with E-state index in [9.17, 15) is 4.79 Å². The molecule has 2 aromatic rings. The van der Waals surface area contributed by atoms with Gasteiger partial charge in [-0.05, 0) is 19.1 Å². The van der Waals surface area contributed by atoms with Crippen LogP contribution in [0.15, 0.2) is 42.7 Å². The number of nitrogens with zero attached hydrogens (tertiary/aromatic N) is 3. The average molecular weight is 322 g/mol. The molecule has 19 heavy (non-hydrogen) atoms. The Bertz CT molecular complexity index is 539. The van der Waals surface area contributed by atoms with Crippen molar-refractivity contribution in [1.82, 2.24) is 14.7 Å². The molecular weight excluding hydrogens is 306 g/mol. The van der Waals surface area contributed by atoms with Gasteiger partial charge in [-0.15, -0.1) is 0 Å². The van der Waals surface area contributed by atoms with Crippen LogP contribution >= 0.6 is 15.9 Å². The van der Waals surface area contributed by atoms with Crippen LogP contribution in [0.25, 0.3) is 5.69 Å². The highest BCUT2D eigenvalue weighted by Gasteiger charge is 2.15. The Kier molecular flexibility index (Phi) is 4.74. The summed E-state index contributed by atoms with van der Waals surface area (Å²) < 4.78 is 1.72. The first-order chi connectivity index (χ1) is 9.26. The molecular formula is C14H16BrN3O. The van der Waals surface area contributed by atoms with Gasteiger partial charge in [-0.25, -0.2) is 4.68 Å². The van der Waals surface area contributed by atoms with Crippen molar-refractivity contribution in [3.8, 4) is 5.69 Å². The molecule has 0 bridgehead atoms. The number of carbonyl (C=O) groups excluding carboxylic acids is 1. The van der Waals surface area contributed by atoms with Gasteiger partial charge in [0.1, 0.15) is 0 Å². The van der Waals surface area contributed by atoms with Gasteiger partial charge < -0.3 is 4.90 Å². The molecule has 0 aliphatic heterocycles. The molecule has 0 N–H and O–H groups in total. The maximum absolute atomic E-state index is 12.3. The van der Waals surface area contributed by atoms with Gasteiger partial charge in [0.15, 0.2) is 0 Å². The molecule has 4 nitrogen and oxygen atoms in total. The number of amides is 1. The molecule has 1 amide bonds. The van der Waals surface area contributed by atoms with Crippen LogP contribution < -0.4 is 0 Å². The molecule has 0 spiro atoms. The highest BCUT2D eigenvalue weighted by Crippen LogP contribution is 2.10. The molecule has 1 aromatic heterocycles. The van der Waals surface area contributed by atoms with E-state index in [0.29, 0.717) is 18.7 Å². The molecule has 0 aliphatic rings. The Balaban J connectivity index is 2.19. The highest BCUT2D eigenvalue weighted by atomic mass is 79.9. The normalized spacial score (nSPS) is 10.4. The van der Waals surface area contributed by atoms with Crippen molar-refractivity contribution in [3.05, 3.63) is 48.3 Å². The lowest BCUT2D eigenvalue weighted by atomic mass is 10.3. The zero-order chi connectivity index (χ0) is 13.7. The number of hydrogen-bond donors (Lipinski definition) is 0. The summed E-state index contributed by atoms with van der Waals surface area (Å²) in [4.78, 5) is 14.1. The third kappa shape index (κ3) is 3.23. The third-order valence-corrected chi connectivity index (χ3v) is 3.23. The minimum Gasteiger partial charge on any atom is -0.338 e. The Hall–Kier alpha value is -1.62. The van der Waals surface area contributed by atoms with Crippen LogP contribution in [0.3, 0.4) is 0 Å². The quantitative estimate of drug-likeness (QED) is 0.794. The molecule has 0 radical (unpaired) electrons. The fraction of sp³-hybridized carbons (Fsp3) is 0.286. The van der Waals surface area contributed by atoms with Gasteiger partial charge in [0.25, 0.3) is 5.91 Å². The van der Waals surface area contributed by atoms with Crippen molar-refractivity contribution in [3.63, 3.8) is 0 Å². The van der Waals surface area contributed by atoms with E-state index >= 15 is 0 Å². The smallest absolute Gasteiger partial charge is 0.257 e. The molecule has 100 valence electrons. The minimum atomic E-state index is 0.0177. The number of carbonyl (C=O) groups is 1. The molecule has 0 unspecified atom stereocenters. The molecule has 0 fully saturated rings. The van der Waals surface area contributed by atoms with E-state index < -0.39 is 0 Å². The second-order valence-electron chi connectivity index (χ2n) is 4.08. The summed E-state index contributed by atoms with van der Waals surface area (Å²) in [5.41, 5.74) is 1.57. The second-order valence-corrected chi connectivity index (χ2v) is 4.88. The predicted molar refractivity (Wildman–Crippen MR) is 78.9 cm³/mol. The predicted octanol–water partition coefficient (Wildman–Crippen LogP) is 2.73. The lowest BCUT2D eigenvalue weighted by Crippen LogP contribution is -2.32. The number of halogens is 1. The number of alkyl halides is 1. The molecule has 1 aromatic carbocycles. The average Bonchev–Trinajstić information content (AvgIpc) is 2.95. The zero-order valence-electron chi connectivity index (χ0n) is 10.8. The molecule has 5 heteroatoms. The third-order valence-electron chi connectivity index (χ3n) is 2.87. The van der Waals surface area contributed by atoms with Gasteiger partial charge in [-0.1, -0.05) is 34.1 Å². The first-order valence-electron chi connectivity index (χ1n) is 6.21. The lowest BCUT2D eigenvalue weighted by molar-refractivity contribution is 0.0775. The van der Waals surface area contributed by atoms with E-state index in [-0.39, 0.29) is 5.91 Å². The first kappa shape index (κ1) is 13.8. The Morgan fingerprint density at radius 1 is 1.37 bits per heavy atom. The van der Waals surface area contributed by atoms with Crippen molar-refractivity contribution in [2.45, 2.75) is 6.92 Å². The van der Waals surface area contributed by atoms with Crippen LogP contribution in [0, 0.1) is 0 Å². The van der Waals surface area contributed by atoms with Crippen molar-refractivity contribution >= 4 is 21.8 Å². The number of rotatable bonds is 5. The summed E-state index contributed by atoms with van der Waals surface area (Å²) in [7, 11) is 0. The second kappa shape index (κ2) is 6.52. The van der Waals surface area contributed by atoms with Gasteiger partial charge in [0.05, 0.1) is 17.4 Å². The number of aromatic nitrogens is 2. The van der Waals surface area contributed by atoms with E-state index in [1.807, 2.05) is 37.3 Å². The van der Waals surface area contributed by atoms with E-state index in [2.05, 4.69) is 21.0 Å². The van der Waals surface area contributed by atoms with Gasteiger partial charge in [-0.2, -0.15) is 5.10 Å². The van der Waals surface area contributed by atoms with Crippen molar-refractivity contribution < 1.29 is 4.79 Å². The Morgan fingerprint density at radius 3 is 2.74 bits per heavy atom. The number of para-hydroxylation sites is 1. The van der Waals surface area contributed by atoms with Crippen LogP contribution in [-0.4, -0.2) is 39.0 Å². The van der Waals surface area contributed by atoms with Crippen LogP contribution in [0.1, 0.15) is 17.3 Å². The molecule has 0 aliphatic carbocycles. The Morgan fingerprint density at radius 2 is 2.11 bits per heavy atom. The van der Waals surface area contributed by atoms with Gasteiger partial charge in [0.2, 0.25) is 0 Å². The largest absolute Gasteiger partial charge is 0.338 e. The van der Waals surface area contributed by atoms with Crippen molar-refractivity contribution in [1.29, 1.82) is 0 Å². The van der Waals surface area contributed by atoms with Crippen molar-refractivity contribution in [2.75, 3.05) is 18.4 Å². The topological polar surface area (TPSA) is 38.1 Å². The summed E-state index contributed by atoms with van der Waals surface area (Å²) >= 11 is 3.36. The molecule has 0 saturated carbocycles. The fourth-order valence-electron chi connectivity index (χ4n) is 1.84. The fourth-order valence-corrected chi connectivity index (χ4v) is 2.27. The standard InChI is InChI=1S/C14H16BrN3O/c1-2-17(9-8-15)14(19)12-10-16-18(11-12)13-6-4-3-5-7-13/h3-7,10-11H,2,8-9H2,1H3. The van der Waals surface area contributed by atoms with Gasteiger partial charge in [0, 0.05) is 24.6 Å².